The van der Waals surface area contributed by atoms with Gasteiger partial charge in [0.15, 0.2) is 6.04 Å². The summed E-state index contributed by atoms with van der Waals surface area (Å²) in [5.74, 6) is 0.0689. The molecular formula is C24H32N4O3. The van der Waals surface area contributed by atoms with Gasteiger partial charge in [-0.1, -0.05) is 66.7 Å². The molecule has 1 aliphatic heterocycles. The molecule has 1 atom stereocenters. The lowest BCUT2D eigenvalue weighted by Gasteiger charge is -2.22. The molecule has 2 aromatic rings. The number of benzene rings is 2. The molecular weight excluding hydrogens is 392 g/mol. The van der Waals surface area contributed by atoms with Gasteiger partial charge in [-0.2, -0.15) is 0 Å². The van der Waals surface area contributed by atoms with Gasteiger partial charge in [-0.05, 0) is 45.7 Å². The van der Waals surface area contributed by atoms with Crippen LogP contribution in [0.1, 0.15) is 45.2 Å². The maximum Gasteiger partial charge on any atom is 0.414 e. The normalized spacial score (nSPS) is 15.6. The molecule has 1 unspecified atom stereocenters. The average molecular weight is 425 g/mol. The second kappa shape index (κ2) is 11.9. The Kier molecular flexibility index (Phi) is 9.21. The Bertz CT molecular complexity index is 821. The van der Waals surface area contributed by atoms with Gasteiger partial charge in [-0.3, -0.25) is 15.0 Å². The molecule has 3 N–H and O–H groups in total. The second-order valence-corrected chi connectivity index (χ2v) is 8.03. The topological polar surface area (TPSA) is 97.0 Å². The van der Waals surface area contributed by atoms with Gasteiger partial charge >= 0.3 is 6.09 Å². The van der Waals surface area contributed by atoms with Crippen LogP contribution in [0.4, 0.5) is 4.79 Å². The van der Waals surface area contributed by atoms with Gasteiger partial charge in [0, 0.05) is 6.54 Å². The largest absolute Gasteiger partial charge is 0.444 e. The molecule has 1 aliphatic rings. The first-order chi connectivity index (χ1) is 14.8. The zero-order valence-electron chi connectivity index (χ0n) is 18.5. The van der Waals surface area contributed by atoms with E-state index in [-0.39, 0.29) is 11.9 Å². The van der Waals surface area contributed by atoms with Crippen LogP contribution in [-0.4, -0.2) is 41.6 Å². The Morgan fingerprint density at radius 1 is 1.03 bits per heavy atom. The van der Waals surface area contributed by atoms with Crippen molar-refractivity contribution in [1.82, 2.24) is 10.2 Å². The van der Waals surface area contributed by atoms with Gasteiger partial charge in [-0.25, -0.2) is 9.79 Å². The van der Waals surface area contributed by atoms with E-state index < -0.39 is 17.7 Å². The summed E-state index contributed by atoms with van der Waals surface area (Å²) in [6.07, 6.45) is 0.898. The Hall–Kier alpha value is -3.19. The van der Waals surface area contributed by atoms with Crippen LogP contribution in [0, 0.1) is 0 Å². The predicted molar refractivity (Wildman–Crippen MR) is 122 cm³/mol. The summed E-state index contributed by atoms with van der Waals surface area (Å²) in [4.78, 5) is 30.7. The SMILES string of the molecule is CC(C)(C)OC(=O)NC1=NC(c2ccccc2)C(=O)N1CCCCN.c1ccccc1. The number of carbonyl (C=O) groups is 2. The Morgan fingerprint density at radius 3 is 2.10 bits per heavy atom. The first-order valence-corrected chi connectivity index (χ1v) is 10.5. The van der Waals surface area contributed by atoms with Crippen molar-refractivity contribution in [2.24, 2.45) is 10.7 Å². The van der Waals surface area contributed by atoms with Crippen molar-refractivity contribution in [3.8, 4) is 0 Å². The highest BCUT2D eigenvalue weighted by atomic mass is 16.6. The zero-order chi connectivity index (χ0) is 22.7. The van der Waals surface area contributed by atoms with Gasteiger partial charge in [0.1, 0.15) is 5.60 Å². The number of hydrogen-bond acceptors (Lipinski definition) is 5. The molecule has 166 valence electrons. The molecule has 0 bridgehead atoms. The number of alkyl carbamates (subject to hydrolysis) is 1. The van der Waals surface area contributed by atoms with E-state index >= 15 is 0 Å². The van der Waals surface area contributed by atoms with Gasteiger partial charge in [-0.15, -0.1) is 0 Å². The van der Waals surface area contributed by atoms with Crippen LogP contribution in [0.3, 0.4) is 0 Å². The molecule has 0 aromatic heterocycles. The lowest BCUT2D eigenvalue weighted by molar-refractivity contribution is -0.127. The molecule has 31 heavy (non-hydrogen) atoms. The highest BCUT2D eigenvalue weighted by Crippen LogP contribution is 2.26. The van der Waals surface area contributed by atoms with Gasteiger partial charge in [0.05, 0.1) is 0 Å². The van der Waals surface area contributed by atoms with Gasteiger partial charge < -0.3 is 10.5 Å². The maximum atomic E-state index is 12.8. The van der Waals surface area contributed by atoms with E-state index in [1.165, 1.54) is 4.90 Å². The number of rotatable bonds is 5. The van der Waals surface area contributed by atoms with E-state index in [2.05, 4.69) is 10.3 Å². The van der Waals surface area contributed by atoms with Crippen LogP contribution in [0.25, 0.3) is 0 Å². The molecule has 7 heteroatoms. The molecule has 0 saturated heterocycles. The number of carbonyl (C=O) groups excluding carboxylic acids is 2. The molecule has 0 aliphatic carbocycles. The van der Waals surface area contributed by atoms with Crippen molar-refractivity contribution in [2.75, 3.05) is 13.1 Å². The standard InChI is InChI=1S/C18H26N4O3.C6H6/c1-18(2,3)25-17(24)21-16-20-14(13-9-5-4-6-10-13)15(23)22(16)12-8-7-11-19;1-2-4-6-5-3-1/h4-6,9-10,14H,7-8,11-12,19H2,1-3H3,(H,20,21,24);1-6H. The Labute approximate surface area is 184 Å². The average Bonchev–Trinajstić information content (AvgIpc) is 3.04. The number of nitrogens with one attached hydrogen (secondary N) is 1. The highest BCUT2D eigenvalue weighted by Gasteiger charge is 2.36. The fourth-order valence-corrected chi connectivity index (χ4v) is 2.86. The minimum Gasteiger partial charge on any atom is -0.444 e. The van der Waals surface area contributed by atoms with Crippen molar-refractivity contribution >= 4 is 18.0 Å². The summed E-state index contributed by atoms with van der Waals surface area (Å²) in [6.45, 7) is 6.34. The first-order valence-electron chi connectivity index (χ1n) is 10.5. The summed E-state index contributed by atoms with van der Waals surface area (Å²) >= 11 is 0. The number of nitrogens with zero attached hydrogens (tertiary/aromatic N) is 2. The molecule has 3 rings (SSSR count). The number of ether oxygens (including phenoxy) is 1. The molecule has 2 amide bonds. The van der Waals surface area contributed by atoms with Crippen LogP contribution in [0.15, 0.2) is 71.7 Å². The minimum absolute atomic E-state index is 0.158. The molecule has 7 nitrogen and oxygen atoms in total. The number of nitrogens with two attached hydrogens (primary N) is 1. The lowest BCUT2D eigenvalue weighted by atomic mass is 10.1. The summed E-state index contributed by atoms with van der Waals surface area (Å²) in [5, 5.41) is 2.61. The number of unbranched alkanes of at least 4 members (excludes halogenated alkanes) is 1. The molecule has 0 fully saturated rings. The first kappa shape index (κ1) is 24.1. The second-order valence-electron chi connectivity index (χ2n) is 8.03. The molecule has 2 aromatic carbocycles. The third-order valence-electron chi connectivity index (χ3n) is 4.24. The quantitative estimate of drug-likeness (QED) is 0.712. The Morgan fingerprint density at radius 2 is 1.58 bits per heavy atom. The monoisotopic (exact) mass is 424 g/mol. The van der Waals surface area contributed by atoms with E-state index in [4.69, 9.17) is 10.5 Å². The van der Waals surface area contributed by atoms with Crippen LogP contribution < -0.4 is 11.1 Å². The highest BCUT2D eigenvalue weighted by molar-refractivity contribution is 6.09. The summed E-state index contributed by atoms with van der Waals surface area (Å²) in [7, 11) is 0. The van der Waals surface area contributed by atoms with E-state index in [0.29, 0.717) is 13.1 Å². The van der Waals surface area contributed by atoms with Gasteiger partial charge in [0.25, 0.3) is 5.91 Å². The summed E-state index contributed by atoms with van der Waals surface area (Å²) in [6, 6.07) is 20.6. The maximum absolute atomic E-state index is 12.8. The summed E-state index contributed by atoms with van der Waals surface area (Å²) < 4.78 is 5.26. The predicted octanol–water partition coefficient (Wildman–Crippen LogP) is 3.88. The minimum atomic E-state index is -0.649. The van der Waals surface area contributed by atoms with Crippen LogP contribution in [0.5, 0.6) is 0 Å². The van der Waals surface area contributed by atoms with Crippen molar-refractivity contribution < 1.29 is 14.3 Å². The third-order valence-corrected chi connectivity index (χ3v) is 4.24. The van der Waals surface area contributed by atoms with Crippen LogP contribution in [0.2, 0.25) is 0 Å². The number of aliphatic imine (C=N–C) groups is 1. The van der Waals surface area contributed by atoms with Gasteiger partial charge in [0.2, 0.25) is 5.96 Å². The lowest BCUT2D eigenvalue weighted by Crippen LogP contribution is -2.46. The van der Waals surface area contributed by atoms with Crippen LogP contribution in [-0.2, 0) is 9.53 Å². The van der Waals surface area contributed by atoms with Crippen molar-refractivity contribution in [2.45, 2.75) is 45.3 Å². The zero-order valence-corrected chi connectivity index (χ0v) is 18.5. The molecule has 0 radical (unpaired) electrons. The molecule has 0 spiro atoms. The fraction of sp³-hybridized carbons (Fsp3) is 0.375. The molecule has 0 saturated carbocycles. The van der Waals surface area contributed by atoms with E-state index in [9.17, 15) is 9.59 Å². The number of amides is 2. The van der Waals surface area contributed by atoms with Crippen LogP contribution >= 0.6 is 0 Å². The smallest absolute Gasteiger partial charge is 0.414 e. The van der Waals surface area contributed by atoms with Crippen molar-refractivity contribution in [3.05, 3.63) is 72.3 Å². The van der Waals surface area contributed by atoms with E-state index in [1.54, 1.807) is 20.8 Å². The fourth-order valence-electron chi connectivity index (χ4n) is 2.86. The summed E-state index contributed by atoms with van der Waals surface area (Å²) in [5.41, 5.74) is 5.69. The van der Waals surface area contributed by atoms with Crippen molar-refractivity contribution in [3.63, 3.8) is 0 Å². The molecule has 1 heterocycles. The number of guanidine groups is 1. The number of hydrogen-bond donors (Lipinski definition) is 2. The third kappa shape index (κ3) is 8.22. The Balaban J connectivity index is 0.000000488. The van der Waals surface area contributed by atoms with E-state index in [1.807, 2.05) is 66.7 Å². The van der Waals surface area contributed by atoms with Crippen molar-refractivity contribution in [1.29, 1.82) is 0 Å². The van der Waals surface area contributed by atoms with E-state index in [0.717, 1.165) is 18.4 Å².